The molecule has 1 fully saturated rings. The summed E-state index contributed by atoms with van der Waals surface area (Å²) in [6.07, 6.45) is 1.96. The number of rotatable bonds is 3. The fourth-order valence-corrected chi connectivity index (χ4v) is 4.68. The van der Waals surface area contributed by atoms with E-state index in [0.29, 0.717) is 10.1 Å². The highest BCUT2D eigenvalue weighted by molar-refractivity contribution is 14.1. The summed E-state index contributed by atoms with van der Waals surface area (Å²) in [5, 5.41) is 3.50. The number of aryl methyl sites for hydroxylation is 3. The van der Waals surface area contributed by atoms with Gasteiger partial charge in [0.05, 0.1) is 10.6 Å². The van der Waals surface area contributed by atoms with E-state index in [1.54, 1.807) is 0 Å². The van der Waals surface area contributed by atoms with Crippen molar-refractivity contribution in [2.45, 2.75) is 27.7 Å². The second-order valence-electron chi connectivity index (χ2n) is 7.36. The minimum atomic E-state index is -0.109. The average molecular weight is 527 g/mol. The second kappa shape index (κ2) is 8.43. The van der Waals surface area contributed by atoms with E-state index in [4.69, 9.17) is 0 Å². The zero-order valence-electron chi connectivity index (χ0n) is 17.3. The summed E-state index contributed by atoms with van der Waals surface area (Å²) >= 11 is 3.73. The van der Waals surface area contributed by atoms with Crippen LogP contribution in [0.5, 0.6) is 0 Å². The van der Waals surface area contributed by atoms with Gasteiger partial charge in [-0.05, 0) is 115 Å². The minimum Gasteiger partial charge on any atom is -0.318 e. The molecule has 0 spiro atoms. The van der Waals surface area contributed by atoms with Gasteiger partial charge in [-0.1, -0.05) is 18.2 Å². The Balaban J connectivity index is 1.66. The average Bonchev–Trinajstić information content (AvgIpc) is 3.18. The van der Waals surface area contributed by atoms with Crippen molar-refractivity contribution in [3.63, 3.8) is 0 Å². The van der Waals surface area contributed by atoms with E-state index < -0.39 is 0 Å². The first kappa shape index (κ1) is 20.9. The van der Waals surface area contributed by atoms with Gasteiger partial charge >= 0.3 is 0 Å². The largest absolute Gasteiger partial charge is 0.318 e. The summed E-state index contributed by atoms with van der Waals surface area (Å²) in [5.41, 5.74) is 7.62. The molecule has 1 N–H and O–H groups in total. The van der Waals surface area contributed by atoms with Gasteiger partial charge in [-0.2, -0.15) is 0 Å². The topological polar surface area (TPSA) is 46.4 Å². The van der Waals surface area contributed by atoms with E-state index in [0.717, 1.165) is 33.9 Å². The fraction of sp³-hybridized carbons (Fsp3) is 0.167. The van der Waals surface area contributed by atoms with Gasteiger partial charge in [-0.15, -0.1) is 0 Å². The van der Waals surface area contributed by atoms with Crippen molar-refractivity contribution < 1.29 is 4.79 Å². The van der Waals surface area contributed by atoms with E-state index in [-0.39, 0.29) is 5.91 Å². The van der Waals surface area contributed by atoms with E-state index in [2.05, 4.69) is 82.5 Å². The number of hydrogen-bond acceptors (Lipinski definition) is 3. The summed E-state index contributed by atoms with van der Waals surface area (Å²) in [4.78, 5) is 17.8. The molecule has 1 aromatic heterocycles. The number of carbonyl (C=O) groups is 1. The Morgan fingerprint density at radius 1 is 1.03 bits per heavy atom. The van der Waals surface area contributed by atoms with Crippen LogP contribution in [0.2, 0.25) is 0 Å². The van der Waals surface area contributed by atoms with Gasteiger partial charge in [-0.25, -0.2) is 4.99 Å². The lowest BCUT2D eigenvalue weighted by Crippen LogP contribution is -2.19. The number of halogens is 1. The Kier molecular flexibility index (Phi) is 5.88. The Morgan fingerprint density at radius 2 is 1.80 bits per heavy atom. The van der Waals surface area contributed by atoms with Crippen molar-refractivity contribution >= 4 is 57.2 Å². The number of carbonyl (C=O) groups excluding carboxylic acids is 1. The molecule has 30 heavy (non-hydrogen) atoms. The molecule has 0 radical (unpaired) electrons. The molecular formula is C24H22IN3OS. The zero-order chi connectivity index (χ0) is 21.4. The molecule has 3 aromatic rings. The summed E-state index contributed by atoms with van der Waals surface area (Å²) < 4.78 is 3.48. The summed E-state index contributed by atoms with van der Waals surface area (Å²) in [6, 6.07) is 16.5. The SMILES string of the molecule is Cc1cc(-n2c(C)cc(/C=C3\SC(=Nc4ccccc4C)NC3=O)c2C)ccc1I. The minimum absolute atomic E-state index is 0.109. The van der Waals surface area contributed by atoms with Gasteiger partial charge < -0.3 is 9.88 Å². The lowest BCUT2D eigenvalue weighted by atomic mass is 10.2. The highest BCUT2D eigenvalue weighted by Gasteiger charge is 2.24. The van der Waals surface area contributed by atoms with Crippen molar-refractivity contribution in [3.8, 4) is 5.69 Å². The molecule has 1 amide bonds. The normalized spacial score (nSPS) is 16.5. The molecule has 4 rings (SSSR count). The van der Waals surface area contributed by atoms with Crippen LogP contribution in [0.4, 0.5) is 5.69 Å². The molecule has 0 saturated carbocycles. The number of amides is 1. The molecule has 2 aromatic carbocycles. The van der Waals surface area contributed by atoms with Crippen molar-refractivity contribution in [2.75, 3.05) is 0 Å². The van der Waals surface area contributed by atoms with E-state index in [1.807, 2.05) is 37.3 Å². The Labute approximate surface area is 194 Å². The van der Waals surface area contributed by atoms with Gasteiger partial charge in [0, 0.05) is 20.6 Å². The van der Waals surface area contributed by atoms with E-state index >= 15 is 0 Å². The number of aromatic nitrogens is 1. The molecule has 4 nitrogen and oxygen atoms in total. The number of nitrogens with one attached hydrogen (secondary N) is 1. The predicted octanol–water partition coefficient (Wildman–Crippen LogP) is 6.21. The van der Waals surface area contributed by atoms with Crippen LogP contribution >= 0.6 is 34.4 Å². The van der Waals surface area contributed by atoms with Crippen LogP contribution in [0.3, 0.4) is 0 Å². The molecule has 152 valence electrons. The summed E-state index contributed by atoms with van der Waals surface area (Å²) in [6.45, 7) is 8.32. The number of amidine groups is 1. The number of nitrogens with zero attached hydrogens (tertiary/aromatic N) is 2. The maximum atomic E-state index is 12.5. The second-order valence-corrected chi connectivity index (χ2v) is 9.56. The van der Waals surface area contributed by atoms with Gasteiger partial charge in [0.1, 0.15) is 0 Å². The standard InChI is InChI=1S/C24H22IN3OS/c1-14-7-5-6-8-21(14)26-24-27-23(29)22(30-24)13-18-12-16(3)28(17(18)4)19-9-10-20(25)15(2)11-19/h5-13H,1-4H3,(H,26,27,29)/b22-13-. The van der Waals surface area contributed by atoms with Crippen LogP contribution in [-0.4, -0.2) is 15.6 Å². The van der Waals surface area contributed by atoms with Crippen LogP contribution in [0.1, 0.15) is 28.1 Å². The fourth-order valence-electron chi connectivity index (χ4n) is 3.52. The molecular weight excluding hydrogens is 505 g/mol. The van der Waals surface area contributed by atoms with Gasteiger partial charge in [0.25, 0.3) is 5.91 Å². The van der Waals surface area contributed by atoms with Gasteiger partial charge in [0.2, 0.25) is 0 Å². The maximum absolute atomic E-state index is 12.5. The Bertz CT molecular complexity index is 1220. The molecule has 6 heteroatoms. The number of aliphatic imine (C=N–C) groups is 1. The molecule has 0 aliphatic carbocycles. The third-order valence-electron chi connectivity index (χ3n) is 5.14. The smallest absolute Gasteiger partial charge is 0.264 e. The Morgan fingerprint density at radius 3 is 2.53 bits per heavy atom. The van der Waals surface area contributed by atoms with Gasteiger partial charge in [0.15, 0.2) is 5.17 Å². The molecule has 1 saturated heterocycles. The third-order valence-corrected chi connectivity index (χ3v) is 7.27. The third kappa shape index (κ3) is 4.11. The van der Waals surface area contributed by atoms with Crippen molar-refractivity contribution in [1.29, 1.82) is 0 Å². The first-order chi connectivity index (χ1) is 14.3. The molecule has 1 aliphatic rings. The maximum Gasteiger partial charge on any atom is 0.264 e. The van der Waals surface area contributed by atoms with Crippen molar-refractivity contribution in [3.05, 3.63) is 85.1 Å². The van der Waals surface area contributed by atoms with Crippen LogP contribution in [0.25, 0.3) is 11.8 Å². The van der Waals surface area contributed by atoms with Crippen molar-refractivity contribution in [2.24, 2.45) is 4.99 Å². The molecule has 0 atom stereocenters. The summed E-state index contributed by atoms with van der Waals surface area (Å²) in [7, 11) is 0. The van der Waals surface area contributed by atoms with E-state index in [1.165, 1.54) is 20.9 Å². The highest BCUT2D eigenvalue weighted by Crippen LogP contribution is 2.31. The Hall–Kier alpha value is -2.32. The van der Waals surface area contributed by atoms with Gasteiger partial charge in [-0.3, -0.25) is 4.79 Å². The molecule has 1 aliphatic heterocycles. The lowest BCUT2D eigenvalue weighted by molar-refractivity contribution is -0.115. The predicted molar refractivity (Wildman–Crippen MR) is 135 cm³/mol. The van der Waals surface area contributed by atoms with Crippen LogP contribution < -0.4 is 5.32 Å². The first-order valence-corrected chi connectivity index (χ1v) is 11.5. The monoisotopic (exact) mass is 527 g/mol. The van der Waals surface area contributed by atoms with E-state index in [9.17, 15) is 4.79 Å². The molecule has 0 unspecified atom stereocenters. The number of hydrogen-bond donors (Lipinski definition) is 1. The quantitative estimate of drug-likeness (QED) is 0.326. The lowest BCUT2D eigenvalue weighted by Gasteiger charge is -2.11. The zero-order valence-corrected chi connectivity index (χ0v) is 20.3. The highest BCUT2D eigenvalue weighted by atomic mass is 127. The number of thioether (sulfide) groups is 1. The van der Waals surface area contributed by atoms with Crippen LogP contribution in [0, 0.1) is 31.3 Å². The molecule has 0 bridgehead atoms. The van der Waals surface area contributed by atoms with Crippen LogP contribution in [-0.2, 0) is 4.79 Å². The number of para-hydroxylation sites is 1. The van der Waals surface area contributed by atoms with Crippen LogP contribution in [0.15, 0.2) is 58.4 Å². The molecule has 2 heterocycles. The van der Waals surface area contributed by atoms with Crippen molar-refractivity contribution in [1.82, 2.24) is 9.88 Å². The first-order valence-electron chi connectivity index (χ1n) is 9.64. The summed E-state index contributed by atoms with van der Waals surface area (Å²) in [5.74, 6) is -0.109. The number of benzene rings is 2.